The number of hydrogen-bond donors (Lipinski definition) is 0. The first kappa shape index (κ1) is 12.9. The molecule has 20 heavy (non-hydrogen) atoms. The Balaban J connectivity index is 1.73. The summed E-state index contributed by atoms with van der Waals surface area (Å²) in [6.45, 7) is 6.98. The molecule has 1 unspecified atom stereocenters. The molecule has 1 fully saturated rings. The molecule has 0 aromatic heterocycles. The standard InChI is InChI=1S/C18H20N2/c1-2-17-14-19(13-16-9-5-3-6-10-16)15-20(17)18-11-7-4-8-12-18/h2-12,17H,1,13-15H2. The van der Waals surface area contributed by atoms with E-state index in [-0.39, 0.29) is 0 Å². The molecule has 0 aliphatic carbocycles. The van der Waals surface area contributed by atoms with Gasteiger partial charge in [-0.2, -0.15) is 0 Å². The third-order valence-corrected chi connectivity index (χ3v) is 3.81. The number of rotatable bonds is 4. The minimum Gasteiger partial charge on any atom is -0.351 e. The van der Waals surface area contributed by atoms with Gasteiger partial charge in [0.2, 0.25) is 0 Å². The van der Waals surface area contributed by atoms with Crippen molar-refractivity contribution in [1.82, 2.24) is 4.90 Å². The highest BCUT2D eigenvalue weighted by Gasteiger charge is 2.28. The first-order chi connectivity index (χ1) is 9.86. The Bertz CT molecular complexity index is 550. The van der Waals surface area contributed by atoms with Crippen molar-refractivity contribution in [2.75, 3.05) is 18.1 Å². The Morgan fingerprint density at radius 3 is 2.30 bits per heavy atom. The van der Waals surface area contributed by atoms with E-state index < -0.39 is 0 Å². The van der Waals surface area contributed by atoms with E-state index in [4.69, 9.17) is 0 Å². The van der Waals surface area contributed by atoms with E-state index in [1.807, 2.05) is 0 Å². The van der Waals surface area contributed by atoms with Gasteiger partial charge in [-0.25, -0.2) is 0 Å². The molecule has 0 saturated carbocycles. The predicted molar refractivity (Wildman–Crippen MR) is 84.6 cm³/mol. The molecule has 1 aliphatic heterocycles. The van der Waals surface area contributed by atoms with Crippen LogP contribution in [0.4, 0.5) is 5.69 Å². The molecule has 0 bridgehead atoms. The van der Waals surface area contributed by atoms with Crippen molar-refractivity contribution in [1.29, 1.82) is 0 Å². The second-order valence-corrected chi connectivity index (χ2v) is 5.25. The maximum absolute atomic E-state index is 3.99. The van der Waals surface area contributed by atoms with Crippen LogP contribution in [0.5, 0.6) is 0 Å². The Morgan fingerprint density at radius 2 is 1.65 bits per heavy atom. The number of hydrogen-bond acceptors (Lipinski definition) is 2. The molecule has 2 aromatic rings. The van der Waals surface area contributed by atoms with Crippen molar-refractivity contribution in [3.05, 3.63) is 78.9 Å². The third-order valence-electron chi connectivity index (χ3n) is 3.81. The number of anilines is 1. The zero-order valence-electron chi connectivity index (χ0n) is 11.7. The second kappa shape index (κ2) is 5.93. The van der Waals surface area contributed by atoms with Gasteiger partial charge in [-0.1, -0.05) is 54.6 Å². The van der Waals surface area contributed by atoms with E-state index in [1.165, 1.54) is 11.3 Å². The molecular formula is C18H20N2. The van der Waals surface area contributed by atoms with Crippen LogP contribution >= 0.6 is 0 Å². The highest BCUT2D eigenvalue weighted by atomic mass is 15.4. The van der Waals surface area contributed by atoms with E-state index in [0.717, 1.165) is 19.8 Å². The molecule has 0 amide bonds. The number of para-hydroxylation sites is 1. The van der Waals surface area contributed by atoms with Gasteiger partial charge in [0.15, 0.2) is 0 Å². The molecule has 2 aromatic carbocycles. The van der Waals surface area contributed by atoms with Crippen molar-refractivity contribution >= 4 is 5.69 Å². The van der Waals surface area contributed by atoms with E-state index in [0.29, 0.717) is 6.04 Å². The topological polar surface area (TPSA) is 6.48 Å². The van der Waals surface area contributed by atoms with E-state index >= 15 is 0 Å². The average molecular weight is 264 g/mol. The molecule has 2 nitrogen and oxygen atoms in total. The maximum atomic E-state index is 3.99. The van der Waals surface area contributed by atoms with Crippen LogP contribution < -0.4 is 4.90 Å². The van der Waals surface area contributed by atoms with E-state index in [1.54, 1.807) is 0 Å². The van der Waals surface area contributed by atoms with Crippen molar-refractivity contribution < 1.29 is 0 Å². The fourth-order valence-electron chi connectivity index (χ4n) is 2.79. The first-order valence-corrected chi connectivity index (χ1v) is 7.07. The minimum atomic E-state index is 0.390. The van der Waals surface area contributed by atoms with Crippen molar-refractivity contribution in [3.8, 4) is 0 Å². The lowest BCUT2D eigenvalue weighted by Crippen LogP contribution is -2.28. The van der Waals surface area contributed by atoms with Crippen LogP contribution in [0.3, 0.4) is 0 Å². The Labute approximate surface area is 121 Å². The fraction of sp³-hybridized carbons (Fsp3) is 0.222. The average Bonchev–Trinajstić information content (AvgIpc) is 2.92. The van der Waals surface area contributed by atoms with Gasteiger partial charge in [0.25, 0.3) is 0 Å². The van der Waals surface area contributed by atoms with Gasteiger partial charge in [-0.15, -0.1) is 6.58 Å². The van der Waals surface area contributed by atoms with Gasteiger partial charge >= 0.3 is 0 Å². The summed E-state index contributed by atoms with van der Waals surface area (Å²) in [5, 5.41) is 0. The summed E-state index contributed by atoms with van der Waals surface area (Å²) in [6, 6.07) is 21.6. The van der Waals surface area contributed by atoms with Gasteiger partial charge < -0.3 is 4.90 Å². The molecule has 0 radical (unpaired) electrons. The molecule has 1 aliphatic rings. The first-order valence-electron chi connectivity index (χ1n) is 7.07. The molecule has 1 saturated heterocycles. The van der Waals surface area contributed by atoms with Gasteiger partial charge in [0, 0.05) is 18.8 Å². The quantitative estimate of drug-likeness (QED) is 0.780. The lowest BCUT2D eigenvalue weighted by molar-refractivity contribution is 0.330. The molecule has 1 atom stereocenters. The van der Waals surface area contributed by atoms with Crippen LogP contribution in [0, 0.1) is 0 Å². The van der Waals surface area contributed by atoms with Crippen molar-refractivity contribution in [3.63, 3.8) is 0 Å². The zero-order valence-corrected chi connectivity index (χ0v) is 11.7. The summed E-state index contributed by atoms with van der Waals surface area (Å²) in [5.74, 6) is 0. The minimum absolute atomic E-state index is 0.390. The molecule has 0 N–H and O–H groups in total. The van der Waals surface area contributed by atoms with Crippen molar-refractivity contribution in [2.24, 2.45) is 0 Å². The zero-order chi connectivity index (χ0) is 13.8. The summed E-state index contributed by atoms with van der Waals surface area (Å²) >= 11 is 0. The van der Waals surface area contributed by atoms with Gasteiger partial charge in [0.1, 0.15) is 0 Å². The summed E-state index contributed by atoms with van der Waals surface area (Å²) in [4.78, 5) is 4.88. The Hall–Kier alpha value is -2.06. The summed E-state index contributed by atoms with van der Waals surface area (Å²) in [5.41, 5.74) is 2.64. The molecule has 3 rings (SSSR count). The fourth-order valence-corrected chi connectivity index (χ4v) is 2.79. The molecule has 0 spiro atoms. The highest BCUT2D eigenvalue weighted by Crippen LogP contribution is 2.24. The number of nitrogens with zero attached hydrogens (tertiary/aromatic N) is 2. The van der Waals surface area contributed by atoms with E-state index in [2.05, 4.69) is 83.1 Å². The van der Waals surface area contributed by atoms with Gasteiger partial charge in [-0.3, -0.25) is 4.90 Å². The maximum Gasteiger partial charge on any atom is 0.0717 e. The second-order valence-electron chi connectivity index (χ2n) is 5.25. The largest absolute Gasteiger partial charge is 0.351 e. The van der Waals surface area contributed by atoms with E-state index in [9.17, 15) is 0 Å². The summed E-state index contributed by atoms with van der Waals surface area (Å²) in [7, 11) is 0. The van der Waals surface area contributed by atoms with Crippen LogP contribution in [-0.4, -0.2) is 24.2 Å². The lowest BCUT2D eigenvalue weighted by atomic mass is 10.2. The van der Waals surface area contributed by atoms with Gasteiger partial charge in [0.05, 0.1) is 12.7 Å². The molecule has 2 heteroatoms. The normalized spacial score (nSPS) is 19.2. The molecule has 102 valence electrons. The monoisotopic (exact) mass is 264 g/mol. The van der Waals surface area contributed by atoms with Crippen LogP contribution in [0.2, 0.25) is 0 Å². The highest BCUT2D eigenvalue weighted by molar-refractivity contribution is 5.49. The molecular weight excluding hydrogens is 244 g/mol. The smallest absolute Gasteiger partial charge is 0.0717 e. The third kappa shape index (κ3) is 2.75. The predicted octanol–water partition coefficient (Wildman–Crippen LogP) is 3.52. The SMILES string of the molecule is C=CC1CN(Cc2ccccc2)CN1c1ccccc1. The Kier molecular flexibility index (Phi) is 3.84. The molecule has 1 heterocycles. The lowest BCUT2D eigenvalue weighted by Gasteiger charge is -2.23. The van der Waals surface area contributed by atoms with Crippen LogP contribution in [0.1, 0.15) is 5.56 Å². The Morgan fingerprint density at radius 1 is 1.00 bits per heavy atom. The van der Waals surface area contributed by atoms with Crippen LogP contribution in [0.25, 0.3) is 0 Å². The van der Waals surface area contributed by atoms with Crippen molar-refractivity contribution in [2.45, 2.75) is 12.6 Å². The number of benzene rings is 2. The van der Waals surface area contributed by atoms with Gasteiger partial charge in [-0.05, 0) is 17.7 Å². The summed E-state index contributed by atoms with van der Waals surface area (Å²) in [6.07, 6.45) is 2.05. The summed E-state index contributed by atoms with van der Waals surface area (Å²) < 4.78 is 0. The van der Waals surface area contributed by atoms with Crippen LogP contribution in [0.15, 0.2) is 73.3 Å². The van der Waals surface area contributed by atoms with Crippen LogP contribution in [-0.2, 0) is 6.54 Å².